The molecule has 2 N–H and O–H groups in total. The number of hydrogen-bond acceptors (Lipinski definition) is 4. The van der Waals surface area contributed by atoms with Gasteiger partial charge in [-0.05, 0) is 47.5 Å². The average Bonchev–Trinajstić information content (AvgIpc) is 2.73. The Labute approximate surface area is 203 Å². The minimum Gasteiger partial charge on any atom is -0.507 e. The number of benzene rings is 2. The summed E-state index contributed by atoms with van der Waals surface area (Å²) in [6.07, 6.45) is 6.78. The molecule has 0 spiro atoms. The maximum atomic E-state index is 14.2. The minimum absolute atomic E-state index is 0.101. The van der Waals surface area contributed by atoms with Crippen LogP contribution in [0.1, 0.15) is 36.8 Å². The van der Waals surface area contributed by atoms with Crippen LogP contribution in [0.3, 0.4) is 0 Å². The lowest BCUT2D eigenvalue weighted by atomic mass is 9.91. The molecule has 1 saturated carbocycles. The SMILES string of the molecule is C[Si](C)(C)c1cc(F)cc(C=N[C@@H]2CCCC[C@H]2N=Cc2cc(F)cc([Si](C)(C)C)c2O)c1O. The van der Waals surface area contributed by atoms with Gasteiger partial charge in [0.2, 0.25) is 0 Å². The molecule has 0 aromatic heterocycles. The molecule has 0 radical (unpaired) electrons. The topological polar surface area (TPSA) is 65.2 Å². The first-order valence-corrected chi connectivity index (χ1v) is 18.9. The first-order valence-electron chi connectivity index (χ1n) is 11.9. The number of rotatable bonds is 6. The van der Waals surface area contributed by atoms with Crippen molar-refractivity contribution in [2.24, 2.45) is 9.98 Å². The van der Waals surface area contributed by atoms with Crippen LogP contribution in [0.15, 0.2) is 34.3 Å². The monoisotopic (exact) mass is 502 g/mol. The lowest BCUT2D eigenvalue weighted by Gasteiger charge is -2.26. The number of aromatic hydroxyl groups is 2. The fourth-order valence-corrected chi connectivity index (χ4v) is 7.22. The minimum atomic E-state index is -1.93. The van der Waals surface area contributed by atoms with Gasteiger partial charge in [0.05, 0.1) is 28.2 Å². The first kappa shape index (κ1) is 26.3. The van der Waals surface area contributed by atoms with Gasteiger partial charge in [0, 0.05) is 23.6 Å². The van der Waals surface area contributed by atoms with E-state index in [1.807, 2.05) is 0 Å². The highest BCUT2D eigenvalue weighted by Crippen LogP contribution is 2.26. The van der Waals surface area contributed by atoms with E-state index in [9.17, 15) is 19.0 Å². The second kappa shape index (κ2) is 10.1. The van der Waals surface area contributed by atoms with Crippen molar-refractivity contribution >= 4 is 39.0 Å². The largest absolute Gasteiger partial charge is 0.507 e. The molecule has 34 heavy (non-hydrogen) atoms. The summed E-state index contributed by atoms with van der Waals surface area (Å²) in [7, 11) is -3.86. The molecule has 2 atom stereocenters. The summed E-state index contributed by atoms with van der Waals surface area (Å²) in [6, 6.07) is 5.21. The molecule has 0 amide bonds. The standard InChI is InChI=1S/C26H36F2N2O2Si2/c1-33(2,3)23-13-19(27)11-17(25(23)31)15-29-21-9-7-8-10-22(21)30-16-18-12-20(28)14-24(26(18)32)34(4,5)6/h11-16,21-22,31-32H,7-10H2,1-6H3/t21-,22-/m1/s1. The van der Waals surface area contributed by atoms with E-state index in [2.05, 4.69) is 49.3 Å². The van der Waals surface area contributed by atoms with Crippen molar-refractivity contribution < 1.29 is 19.0 Å². The quantitative estimate of drug-likeness (QED) is 0.415. The van der Waals surface area contributed by atoms with Crippen LogP contribution in [0.4, 0.5) is 8.78 Å². The van der Waals surface area contributed by atoms with Gasteiger partial charge in [0.25, 0.3) is 0 Å². The van der Waals surface area contributed by atoms with E-state index < -0.39 is 16.1 Å². The lowest BCUT2D eigenvalue weighted by molar-refractivity contribution is 0.390. The van der Waals surface area contributed by atoms with Crippen LogP contribution in [-0.4, -0.2) is 50.9 Å². The van der Waals surface area contributed by atoms with Crippen LogP contribution in [0.25, 0.3) is 0 Å². The summed E-state index contributed by atoms with van der Waals surface area (Å²) in [6.45, 7) is 12.4. The van der Waals surface area contributed by atoms with Crippen molar-refractivity contribution in [1.82, 2.24) is 0 Å². The Morgan fingerprint density at radius 3 is 1.38 bits per heavy atom. The Hall–Kier alpha value is -2.33. The smallest absolute Gasteiger partial charge is 0.124 e. The zero-order chi connectivity index (χ0) is 25.3. The summed E-state index contributed by atoms with van der Waals surface area (Å²) < 4.78 is 28.5. The van der Waals surface area contributed by atoms with E-state index in [1.165, 1.54) is 24.3 Å². The van der Waals surface area contributed by atoms with E-state index >= 15 is 0 Å². The summed E-state index contributed by atoms with van der Waals surface area (Å²) in [4.78, 5) is 9.38. The molecule has 1 aliphatic rings. The number of phenolic OH excluding ortho intramolecular Hbond substituents is 2. The van der Waals surface area contributed by atoms with Gasteiger partial charge < -0.3 is 10.2 Å². The molecule has 2 aromatic rings. The van der Waals surface area contributed by atoms with Crippen LogP contribution >= 0.6 is 0 Å². The predicted octanol–water partition coefficient (Wildman–Crippen LogP) is 5.32. The third-order valence-electron chi connectivity index (χ3n) is 6.33. The third-order valence-corrected chi connectivity index (χ3v) is 10.3. The van der Waals surface area contributed by atoms with E-state index in [0.29, 0.717) is 21.5 Å². The first-order chi connectivity index (χ1) is 15.8. The number of halogens is 2. The molecule has 4 nitrogen and oxygen atoms in total. The summed E-state index contributed by atoms with van der Waals surface area (Å²) >= 11 is 0. The molecular formula is C26H36F2N2O2Si2. The summed E-state index contributed by atoms with van der Waals surface area (Å²) in [5.74, 6) is -0.559. The van der Waals surface area contributed by atoms with Gasteiger partial charge in [-0.2, -0.15) is 0 Å². The molecule has 1 aliphatic carbocycles. The van der Waals surface area contributed by atoms with Crippen molar-refractivity contribution in [2.75, 3.05) is 0 Å². The second-order valence-corrected chi connectivity index (χ2v) is 21.3. The highest BCUT2D eigenvalue weighted by atomic mass is 28.3. The average molecular weight is 503 g/mol. The van der Waals surface area contributed by atoms with Crippen molar-refractivity contribution in [3.63, 3.8) is 0 Å². The number of hydrogen-bond donors (Lipinski definition) is 2. The Morgan fingerprint density at radius 2 is 1.06 bits per heavy atom. The Bertz CT molecular complexity index is 1020. The van der Waals surface area contributed by atoms with Gasteiger partial charge in [-0.25, -0.2) is 8.78 Å². The van der Waals surface area contributed by atoms with Gasteiger partial charge >= 0.3 is 0 Å². The van der Waals surface area contributed by atoms with Crippen LogP contribution < -0.4 is 10.4 Å². The highest BCUT2D eigenvalue weighted by molar-refractivity contribution is 6.89. The fraction of sp³-hybridized carbons (Fsp3) is 0.462. The lowest BCUT2D eigenvalue weighted by Crippen LogP contribution is -2.38. The van der Waals surface area contributed by atoms with Gasteiger partial charge in [-0.3, -0.25) is 9.98 Å². The molecule has 0 saturated heterocycles. The Kier molecular flexibility index (Phi) is 7.82. The van der Waals surface area contributed by atoms with E-state index in [-0.39, 0.29) is 35.2 Å². The predicted molar refractivity (Wildman–Crippen MR) is 143 cm³/mol. The van der Waals surface area contributed by atoms with Gasteiger partial charge in [-0.15, -0.1) is 0 Å². The van der Waals surface area contributed by atoms with Crippen molar-refractivity contribution in [3.8, 4) is 11.5 Å². The van der Waals surface area contributed by atoms with Gasteiger partial charge in [0.1, 0.15) is 23.1 Å². The summed E-state index contributed by atoms with van der Waals surface area (Å²) in [5, 5.41) is 22.8. The molecule has 0 bridgehead atoms. The Balaban J connectivity index is 1.88. The molecule has 0 unspecified atom stereocenters. The summed E-state index contributed by atoms with van der Waals surface area (Å²) in [5.41, 5.74) is 0.765. The molecule has 3 rings (SSSR count). The second-order valence-electron chi connectivity index (χ2n) is 11.3. The van der Waals surface area contributed by atoms with Crippen molar-refractivity contribution in [1.29, 1.82) is 0 Å². The molecule has 1 fully saturated rings. The molecular weight excluding hydrogens is 466 g/mol. The maximum absolute atomic E-state index is 14.2. The molecule has 2 aromatic carbocycles. The molecule has 0 heterocycles. The number of nitrogens with zero attached hydrogens (tertiary/aromatic N) is 2. The Morgan fingerprint density at radius 1 is 0.706 bits per heavy atom. The van der Waals surface area contributed by atoms with E-state index in [0.717, 1.165) is 25.7 Å². The zero-order valence-corrected chi connectivity index (χ0v) is 23.0. The van der Waals surface area contributed by atoms with Gasteiger partial charge in [-0.1, -0.05) is 52.1 Å². The van der Waals surface area contributed by atoms with Crippen LogP contribution in [-0.2, 0) is 0 Å². The fourth-order valence-electron chi connectivity index (χ4n) is 4.37. The van der Waals surface area contributed by atoms with Crippen LogP contribution in [0.2, 0.25) is 39.3 Å². The number of aliphatic imine (C=N–C) groups is 2. The normalized spacial score (nSPS) is 19.9. The van der Waals surface area contributed by atoms with Crippen LogP contribution in [0, 0.1) is 11.6 Å². The molecule has 184 valence electrons. The third kappa shape index (κ3) is 6.21. The molecule has 8 heteroatoms. The van der Waals surface area contributed by atoms with Gasteiger partial charge in [0.15, 0.2) is 0 Å². The molecule has 0 aliphatic heterocycles. The maximum Gasteiger partial charge on any atom is 0.124 e. The zero-order valence-electron chi connectivity index (χ0n) is 21.0. The van der Waals surface area contributed by atoms with Crippen LogP contribution in [0.5, 0.6) is 11.5 Å². The number of phenols is 2. The van der Waals surface area contributed by atoms with E-state index in [1.54, 1.807) is 12.4 Å². The van der Waals surface area contributed by atoms with Crippen molar-refractivity contribution in [3.05, 3.63) is 47.0 Å². The van der Waals surface area contributed by atoms with Crippen molar-refractivity contribution in [2.45, 2.75) is 77.0 Å². The van der Waals surface area contributed by atoms with E-state index in [4.69, 9.17) is 0 Å². The highest BCUT2D eigenvalue weighted by Gasteiger charge is 2.26.